The summed E-state index contributed by atoms with van der Waals surface area (Å²) in [6.45, 7) is 3.63. The lowest BCUT2D eigenvalue weighted by atomic mass is 10.3. The summed E-state index contributed by atoms with van der Waals surface area (Å²) in [5.74, 6) is -1.74. The lowest BCUT2D eigenvalue weighted by molar-refractivity contribution is 0.145. The average molecular weight is 407 g/mol. The molecule has 3 rings (SSSR count). The molecule has 2 heterocycles. The van der Waals surface area contributed by atoms with Crippen LogP contribution in [0.15, 0.2) is 23.1 Å². The van der Waals surface area contributed by atoms with E-state index in [1.165, 1.54) is 15.6 Å². The molecule has 0 aliphatic carbocycles. The standard InChI is InChI=1S/C14H16F2N4O2S3/c1-10-17-20(14(23)24-10)9-18-4-6-19(7-5-18)25(21,22)13-8-11(15)2-3-12(13)16/h2-3,8H,4-7,9H2,1H3. The molecule has 0 saturated carbocycles. The molecule has 0 spiro atoms. The van der Waals surface area contributed by atoms with Gasteiger partial charge in [-0.3, -0.25) is 4.90 Å². The minimum absolute atomic E-state index is 0.189. The number of hydrogen-bond donors (Lipinski definition) is 0. The van der Waals surface area contributed by atoms with E-state index in [-0.39, 0.29) is 13.1 Å². The molecule has 1 aromatic carbocycles. The van der Waals surface area contributed by atoms with Crippen LogP contribution in [-0.2, 0) is 16.7 Å². The molecule has 11 heteroatoms. The Morgan fingerprint density at radius 2 is 1.92 bits per heavy atom. The fraction of sp³-hybridized carbons (Fsp3) is 0.429. The molecule has 0 unspecified atom stereocenters. The molecular formula is C14H16F2N4O2S3. The second-order valence-electron chi connectivity index (χ2n) is 5.62. The van der Waals surface area contributed by atoms with E-state index in [1.54, 1.807) is 4.68 Å². The van der Waals surface area contributed by atoms with E-state index < -0.39 is 26.6 Å². The van der Waals surface area contributed by atoms with Gasteiger partial charge in [0.2, 0.25) is 10.0 Å². The summed E-state index contributed by atoms with van der Waals surface area (Å²) in [6.07, 6.45) is 0. The SMILES string of the molecule is Cc1nn(CN2CCN(S(=O)(=O)c3cc(F)ccc3F)CC2)c(=S)s1. The summed E-state index contributed by atoms with van der Waals surface area (Å²) >= 11 is 6.64. The minimum atomic E-state index is -4.06. The average Bonchev–Trinajstić information content (AvgIpc) is 2.87. The summed E-state index contributed by atoms with van der Waals surface area (Å²) in [6, 6.07) is 2.44. The molecule has 0 amide bonds. The zero-order valence-electron chi connectivity index (χ0n) is 13.4. The smallest absolute Gasteiger partial charge is 0.246 e. The van der Waals surface area contributed by atoms with Gasteiger partial charge in [-0.05, 0) is 37.3 Å². The molecule has 0 atom stereocenters. The maximum atomic E-state index is 13.8. The second-order valence-corrected chi connectivity index (χ2v) is 9.36. The largest absolute Gasteiger partial charge is 0.282 e. The molecule has 0 N–H and O–H groups in total. The Bertz CT molecular complexity index is 934. The lowest BCUT2D eigenvalue weighted by Crippen LogP contribution is -2.49. The van der Waals surface area contributed by atoms with Gasteiger partial charge in [0.25, 0.3) is 0 Å². The van der Waals surface area contributed by atoms with Gasteiger partial charge in [-0.1, -0.05) is 11.3 Å². The fourth-order valence-corrected chi connectivity index (χ4v) is 5.17. The van der Waals surface area contributed by atoms with Crippen LogP contribution in [0.1, 0.15) is 5.01 Å². The van der Waals surface area contributed by atoms with Gasteiger partial charge in [0.05, 0.1) is 6.67 Å². The maximum Gasteiger partial charge on any atom is 0.246 e. The number of aryl methyl sites for hydroxylation is 1. The molecule has 136 valence electrons. The first kappa shape index (κ1) is 18.5. The molecule has 2 aromatic rings. The van der Waals surface area contributed by atoms with Crippen LogP contribution in [-0.4, -0.2) is 53.6 Å². The zero-order chi connectivity index (χ0) is 18.2. The summed E-state index contributed by atoms with van der Waals surface area (Å²) in [7, 11) is -4.06. The van der Waals surface area contributed by atoms with Crippen molar-refractivity contribution >= 4 is 33.6 Å². The van der Waals surface area contributed by atoms with Crippen molar-refractivity contribution in [3.05, 3.63) is 38.8 Å². The van der Waals surface area contributed by atoms with E-state index in [0.717, 1.165) is 17.1 Å². The first-order valence-corrected chi connectivity index (χ1v) is 10.2. The highest BCUT2D eigenvalue weighted by Crippen LogP contribution is 2.22. The van der Waals surface area contributed by atoms with Crippen molar-refractivity contribution in [1.82, 2.24) is 19.0 Å². The summed E-state index contributed by atoms with van der Waals surface area (Å²) in [5.41, 5.74) is 0. The van der Waals surface area contributed by atoms with Crippen LogP contribution < -0.4 is 0 Å². The first-order valence-electron chi connectivity index (χ1n) is 7.49. The second kappa shape index (κ2) is 7.16. The Labute approximate surface area is 153 Å². The van der Waals surface area contributed by atoms with Gasteiger partial charge in [-0.25, -0.2) is 21.9 Å². The third-order valence-corrected chi connectivity index (χ3v) is 7.02. The highest BCUT2D eigenvalue weighted by Gasteiger charge is 2.31. The normalized spacial score (nSPS) is 17.1. The van der Waals surface area contributed by atoms with Crippen molar-refractivity contribution in [3.8, 4) is 0 Å². The summed E-state index contributed by atoms with van der Waals surface area (Å²) < 4.78 is 55.8. The number of hydrogen-bond acceptors (Lipinski definition) is 6. The van der Waals surface area contributed by atoms with Crippen LogP contribution >= 0.6 is 23.6 Å². The van der Waals surface area contributed by atoms with Crippen molar-refractivity contribution in [3.63, 3.8) is 0 Å². The third-order valence-electron chi connectivity index (χ3n) is 3.88. The monoisotopic (exact) mass is 406 g/mol. The quantitative estimate of drug-likeness (QED) is 0.729. The molecule has 0 bridgehead atoms. The zero-order valence-corrected chi connectivity index (χ0v) is 15.8. The van der Waals surface area contributed by atoms with Gasteiger partial charge >= 0.3 is 0 Å². The molecular weight excluding hydrogens is 390 g/mol. The number of aromatic nitrogens is 2. The van der Waals surface area contributed by atoms with Crippen LogP contribution in [0.5, 0.6) is 0 Å². The Morgan fingerprint density at radius 3 is 2.52 bits per heavy atom. The molecule has 25 heavy (non-hydrogen) atoms. The Hall–Kier alpha value is -1.27. The summed E-state index contributed by atoms with van der Waals surface area (Å²) in [5, 5.41) is 5.18. The lowest BCUT2D eigenvalue weighted by Gasteiger charge is -2.33. The first-order chi connectivity index (χ1) is 11.8. The maximum absolute atomic E-state index is 13.8. The summed E-state index contributed by atoms with van der Waals surface area (Å²) in [4.78, 5) is 1.39. The van der Waals surface area contributed by atoms with Crippen molar-refractivity contribution in [1.29, 1.82) is 0 Å². The predicted molar refractivity (Wildman–Crippen MR) is 92.4 cm³/mol. The van der Waals surface area contributed by atoms with Gasteiger partial charge < -0.3 is 0 Å². The van der Waals surface area contributed by atoms with Crippen LogP contribution in [0, 0.1) is 22.5 Å². The van der Waals surface area contributed by atoms with Crippen molar-refractivity contribution < 1.29 is 17.2 Å². The number of halogens is 2. The minimum Gasteiger partial charge on any atom is -0.282 e. The number of piperazine rings is 1. The van der Waals surface area contributed by atoms with E-state index in [0.29, 0.717) is 29.8 Å². The Balaban J connectivity index is 1.70. The highest BCUT2D eigenvalue weighted by molar-refractivity contribution is 7.89. The van der Waals surface area contributed by atoms with Crippen molar-refractivity contribution in [2.45, 2.75) is 18.5 Å². The molecule has 6 nitrogen and oxygen atoms in total. The molecule has 0 radical (unpaired) electrons. The number of rotatable bonds is 4. The Morgan fingerprint density at radius 1 is 1.24 bits per heavy atom. The van der Waals surface area contributed by atoms with E-state index in [4.69, 9.17) is 12.2 Å². The van der Waals surface area contributed by atoms with Gasteiger partial charge in [0, 0.05) is 26.2 Å². The topological polar surface area (TPSA) is 58.4 Å². The van der Waals surface area contributed by atoms with Crippen molar-refractivity contribution in [2.24, 2.45) is 0 Å². The van der Waals surface area contributed by atoms with Gasteiger partial charge in [-0.2, -0.15) is 9.40 Å². The Kier molecular flexibility index (Phi) is 5.30. The van der Waals surface area contributed by atoms with Gasteiger partial charge in [-0.15, -0.1) is 0 Å². The molecule has 1 saturated heterocycles. The van der Waals surface area contributed by atoms with Gasteiger partial charge in [0.15, 0.2) is 3.95 Å². The van der Waals surface area contributed by atoms with Crippen molar-refractivity contribution in [2.75, 3.05) is 26.2 Å². The van der Waals surface area contributed by atoms with E-state index in [2.05, 4.69) is 5.10 Å². The molecule has 1 aromatic heterocycles. The van der Waals surface area contributed by atoms with E-state index in [1.807, 2.05) is 11.8 Å². The van der Waals surface area contributed by atoms with E-state index in [9.17, 15) is 17.2 Å². The highest BCUT2D eigenvalue weighted by atomic mass is 32.2. The van der Waals surface area contributed by atoms with Crippen LogP contribution in [0.4, 0.5) is 8.78 Å². The number of sulfonamides is 1. The fourth-order valence-electron chi connectivity index (χ4n) is 2.61. The van der Waals surface area contributed by atoms with Crippen LogP contribution in [0.3, 0.4) is 0 Å². The molecule has 1 aliphatic heterocycles. The number of nitrogens with zero attached hydrogens (tertiary/aromatic N) is 4. The van der Waals surface area contributed by atoms with Gasteiger partial charge in [0.1, 0.15) is 21.5 Å². The third kappa shape index (κ3) is 3.95. The molecule has 1 aliphatic rings. The number of benzene rings is 1. The van der Waals surface area contributed by atoms with Crippen LogP contribution in [0.2, 0.25) is 0 Å². The predicted octanol–water partition coefficient (Wildman–Crippen LogP) is 2.22. The molecule has 1 fully saturated rings. The van der Waals surface area contributed by atoms with E-state index >= 15 is 0 Å². The van der Waals surface area contributed by atoms with Crippen LogP contribution in [0.25, 0.3) is 0 Å².